The highest BCUT2D eigenvalue weighted by Crippen LogP contribution is 2.16. The monoisotopic (exact) mass is 273 g/mol. The topological polar surface area (TPSA) is 12.0 Å². The van der Waals surface area contributed by atoms with Crippen molar-refractivity contribution >= 4 is 22.6 Å². The molecule has 0 saturated heterocycles. The van der Waals surface area contributed by atoms with Crippen LogP contribution < -0.4 is 5.32 Å². The molecule has 12 heavy (non-hydrogen) atoms. The van der Waals surface area contributed by atoms with Crippen molar-refractivity contribution in [3.05, 3.63) is 35.4 Å². The maximum absolute atomic E-state index is 3.52. The van der Waals surface area contributed by atoms with Crippen LogP contribution in [0.25, 0.3) is 0 Å². The standard InChI is InChI=1S/C10H12IN/c11-6-10-5-8-3-1-2-4-9(8)7-12-10/h1-4,10,12H,5-7H2. The number of hydrogen-bond acceptors (Lipinski definition) is 1. The van der Waals surface area contributed by atoms with E-state index in [0.717, 1.165) is 6.54 Å². The van der Waals surface area contributed by atoms with Gasteiger partial charge in [-0.05, 0) is 17.5 Å². The maximum atomic E-state index is 3.52. The fourth-order valence-electron chi connectivity index (χ4n) is 1.63. The number of nitrogens with one attached hydrogen (secondary N) is 1. The number of halogens is 1. The molecule has 2 heteroatoms. The summed E-state index contributed by atoms with van der Waals surface area (Å²) in [6, 6.07) is 9.39. The first-order chi connectivity index (χ1) is 5.90. The lowest BCUT2D eigenvalue weighted by molar-refractivity contribution is 0.525. The highest BCUT2D eigenvalue weighted by Gasteiger charge is 2.15. The van der Waals surface area contributed by atoms with Crippen LogP contribution in [0.4, 0.5) is 0 Å². The Morgan fingerprint density at radius 1 is 1.33 bits per heavy atom. The molecule has 0 bridgehead atoms. The zero-order valence-electron chi connectivity index (χ0n) is 6.89. The minimum absolute atomic E-state index is 0.681. The number of hydrogen-bond donors (Lipinski definition) is 1. The zero-order valence-corrected chi connectivity index (χ0v) is 9.04. The Kier molecular flexibility index (Phi) is 2.66. The molecule has 1 atom stereocenters. The molecule has 0 spiro atoms. The van der Waals surface area contributed by atoms with Crippen molar-refractivity contribution in [2.75, 3.05) is 4.43 Å². The van der Waals surface area contributed by atoms with Gasteiger partial charge in [0.05, 0.1) is 0 Å². The average Bonchev–Trinajstić information content (AvgIpc) is 2.17. The summed E-state index contributed by atoms with van der Waals surface area (Å²) < 4.78 is 1.20. The van der Waals surface area contributed by atoms with Crippen LogP contribution in [0.1, 0.15) is 11.1 Å². The molecule has 1 aliphatic heterocycles. The van der Waals surface area contributed by atoms with E-state index < -0.39 is 0 Å². The molecule has 2 rings (SSSR count). The molecule has 1 unspecified atom stereocenters. The second-order valence-corrected chi connectivity index (χ2v) is 4.09. The van der Waals surface area contributed by atoms with Crippen molar-refractivity contribution in [1.29, 1.82) is 0 Å². The second-order valence-electron chi connectivity index (χ2n) is 3.20. The zero-order chi connectivity index (χ0) is 8.39. The van der Waals surface area contributed by atoms with E-state index in [9.17, 15) is 0 Å². The Labute approximate surface area is 86.7 Å². The van der Waals surface area contributed by atoms with Crippen LogP contribution in [-0.2, 0) is 13.0 Å². The quantitative estimate of drug-likeness (QED) is 0.610. The Morgan fingerprint density at radius 2 is 2.08 bits per heavy atom. The summed E-state index contributed by atoms with van der Waals surface area (Å²) in [6.45, 7) is 1.05. The van der Waals surface area contributed by atoms with E-state index in [1.54, 1.807) is 0 Å². The molecule has 0 amide bonds. The predicted molar refractivity (Wildman–Crippen MR) is 59.7 cm³/mol. The van der Waals surface area contributed by atoms with Gasteiger partial charge in [-0.3, -0.25) is 0 Å². The van der Waals surface area contributed by atoms with Crippen LogP contribution in [0.3, 0.4) is 0 Å². The van der Waals surface area contributed by atoms with Crippen LogP contribution >= 0.6 is 22.6 Å². The molecule has 1 N–H and O–H groups in total. The minimum Gasteiger partial charge on any atom is -0.309 e. The SMILES string of the molecule is ICC1Cc2ccccc2CN1. The maximum Gasteiger partial charge on any atom is 0.0211 e. The van der Waals surface area contributed by atoms with Crippen molar-refractivity contribution in [2.24, 2.45) is 0 Å². The van der Waals surface area contributed by atoms with Gasteiger partial charge in [0.2, 0.25) is 0 Å². The Hall–Kier alpha value is -0.0900. The lowest BCUT2D eigenvalue weighted by Crippen LogP contribution is -2.36. The molecule has 1 aromatic rings. The highest BCUT2D eigenvalue weighted by molar-refractivity contribution is 14.1. The molecule has 1 heterocycles. The van der Waals surface area contributed by atoms with Gasteiger partial charge in [-0.2, -0.15) is 0 Å². The van der Waals surface area contributed by atoms with Crippen molar-refractivity contribution < 1.29 is 0 Å². The summed E-state index contributed by atoms with van der Waals surface area (Å²) in [5.74, 6) is 0. The molecule has 1 nitrogen and oxygen atoms in total. The van der Waals surface area contributed by atoms with Gasteiger partial charge >= 0.3 is 0 Å². The molecule has 0 fully saturated rings. The summed E-state index contributed by atoms with van der Waals surface area (Å²) in [5, 5.41) is 3.52. The molecule has 0 aromatic heterocycles. The number of benzene rings is 1. The summed E-state index contributed by atoms with van der Waals surface area (Å²) in [4.78, 5) is 0. The van der Waals surface area contributed by atoms with Gasteiger partial charge < -0.3 is 5.32 Å². The van der Waals surface area contributed by atoms with Gasteiger partial charge in [0, 0.05) is 17.0 Å². The normalized spacial score (nSPS) is 21.9. The van der Waals surface area contributed by atoms with Crippen LogP contribution in [0.5, 0.6) is 0 Å². The first kappa shape index (κ1) is 8.51. The predicted octanol–water partition coefficient (Wildman–Crippen LogP) is 2.14. The Bertz CT molecular complexity index is 272. The minimum atomic E-state index is 0.681. The van der Waals surface area contributed by atoms with E-state index in [-0.39, 0.29) is 0 Å². The first-order valence-electron chi connectivity index (χ1n) is 4.26. The van der Waals surface area contributed by atoms with E-state index in [2.05, 4.69) is 52.2 Å². The smallest absolute Gasteiger partial charge is 0.0211 e. The van der Waals surface area contributed by atoms with Crippen molar-refractivity contribution in [3.8, 4) is 0 Å². The largest absolute Gasteiger partial charge is 0.309 e. The molecule has 0 saturated carbocycles. The molecular formula is C10H12IN. The Balaban J connectivity index is 2.23. The van der Waals surface area contributed by atoms with Crippen molar-refractivity contribution in [3.63, 3.8) is 0 Å². The molecule has 1 aromatic carbocycles. The molecule has 0 radical (unpaired) electrons. The molecular weight excluding hydrogens is 261 g/mol. The van der Waals surface area contributed by atoms with Crippen LogP contribution in [0.2, 0.25) is 0 Å². The Morgan fingerprint density at radius 3 is 2.83 bits per heavy atom. The van der Waals surface area contributed by atoms with E-state index in [1.807, 2.05) is 0 Å². The summed E-state index contributed by atoms with van der Waals surface area (Å²) in [6.07, 6.45) is 1.19. The average molecular weight is 273 g/mol. The first-order valence-corrected chi connectivity index (χ1v) is 5.79. The number of fused-ring (bicyclic) bond motifs is 1. The molecule has 0 aliphatic carbocycles. The van der Waals surface area contributed by atoms with Crippen LogP contribution in [0.15, 0.2) is 24.3 Å². The third-order valence-corrected chi connectivity index (χ3v) is 3.42. The van der Waals surface area contributed by atoms with E-state index >= 15 is 0 Å². The lowest BCUT2D eigenvalue weighted by Gasteiger charge is -2.24. The summed E-state index contributed by atoms with van der Waals surface area (Å²) in [7, 11) is 0. The number of rotatable bonds is 1. The third kappa shape index (κ3) is 1.64. The van der Waals surface area contributed by atoms with E-state index in [4.69, 9.17) is 0 Å². The van der Waals surface area contributed by atoms with Gasteiger partial charge in [-0.15, -0.1) is 0 Å². The van der Waals surface area contributed by atoms with Crippen molar-refractivity contribution in [2.45, 2.75) is 19.0 Å². The summed E-state index contributed by atoms with van der Waals surface area (Å²) >= 11 is 2.44. The lowest BCUT2D eigenvalue weighted by atomic mass is 9.97. The highest BCUT2D eigenvalue weighted by atomic mass is 127. The van der Waals surface area contributed by atoms with Gasteiger partial charge in [-0.1, -0.05) is 46.9 Å². The van der Waals surface area contributed by atoms with Gasteiger partial charge in [-0.25, -0.2) is 0 Å². The van der Waals surface area contributed by atoms with Crippen LogP contribution in [0, 0.1) is 0 Å². The van der Waals surface area contributed by atoms with Crippen molar-refractivity contribution in [1.82, 2.24) is 5.32 Å². The number of alkyl halides is 1. The fourth-order valence-corrected chi connectivity index (χ4v) is 2.25. The van der Waals surface area contributed by atoms with Crippen LogP contribution in [-0.4, -0.2) is 10.5 Å². The molecule has 1 aliphatic rings. The van der Waals surface area contributed by atoms with E-state index in [0.29, 0.717) is 6.04 Å². The summed E-state index contributed by atoms with van der Waals surface area (Å²) in [5.41, 5.74) is 3.00. The second kappa shape index (κ2) is 3.75. The van der Waals surface area contributed by atoms with Gasteiger partial charge in [0.15, 0.2) is 0 Å². The van der Waals surface area contributed by atoms with Gasteiger partial charge in [0.25, 0.3) is 0 Å². The third-order valence-electron chi connectivity index (χ3n) is 2.35. The fraction of sp³-hybridized carbons (Fsp3) is 0.400. The molecule has 64 valence electrons. The van der Waals surface area contributed by atoms with E-state index in [1.165, 1.54) is 22.0 Å². The van der Waals surface area contributed by atoms with Gasteiger partial charge in [0.1, 0.15) is 0 Å².